The third-order valence-corrected chi connectivity index (χ3v) is 8.62. The summed E-state index contributed by atoms with van der Waals surface area (Å²) in [6.07, 6.45) is 4.26. The third-order valence-electron chi connectivity index (χ3n) is 8.62. The van der Waals surface area contributed by atoms with Crippen molar-refractivity contribution in [1.29, 1.82) is 0 Å². The number of hydrogen-bond acceptors (Lipinski definition) is 4. The molecule has 2 aliphatic rings. The van der Waals surface area contributed by atoms with Gasteiger partial charge in [0.1, 0.15) is 0 Å². The first kappa shape index (κ1) is 29.5. The zero-order valence-corrected chi connectivity index (χ0v) is 25.3. The molecule has 43 heavy (non-hydrogen) atoms. The van der Waals surface area contributed by atoms with Gasteiger partial charge in [-0.2, -0.15) is 0 Å². The standard InChI is InChI=1S/C35H36N4O4/c1-8-22-18(3)26-14-27-20(5)24(10-12-34(40)41)31(38-27)17-33-25(11-13-35(42)43)21(6)32(39(33)7)16-30-23(9-2)19(4)28(37-30)15-29(22)36-26/h8-9,14-17,36H,1-2,10-13H2,3-7H3,(H,40,41)(H,42,43). The molecule has 8 nitrogen and oxygen atoms in total. The van der Waals surface area contributed by atoms with E-state index in [1.54, 1.807) is 0 Å². The third kappa shape index (κ3) is 5.25. The molecule has 0 saturated heterocycles. The molecule has 220 valence electrons. The first-order valence-corrected chi connectivity index (χ1v) is 14.3. The molecule has 5 rings (SSSR count). The van der Waals surface area contributed by atoms with Crippen molar-refractivity contribution in [1.82, 2.24) is 19.5 Å². The Morgan fingerprint density at radius 3 is 2.05 bits per heavy atom. The van der Waals surface area contributed by atoms with E-state index in [1.807, 2.05) is 75.7 Å². The second kappa shape index (κ2) is 11.4. The zero-order chi connectivity index (χ0) is 31.2. The first-order valence-electron chi connectivity index (χ1n) is 14.3. The van der Waals surface area contributed by atoms with Crippen LogP contribution in [0.3, 0.4) is 0 Å². The zero-order valence-electron chi connectivity index (χ0n) is 25.3. The summed E-state index contributed by atoms with van der Waals surface area (Å²) in [6, 6.07) is 8.01. The molecular weight excluding hydrogens is 540 g/mol. The van der Waals surface area contributed by atoms with Crippen LogP contribution < -0.4 is 0 Å². The van der Waals surface area contributed by atoms with Crippen molar-refractivity contribution in [3.05, 3.63) is 88.5 Å². The van der Waals surface area contributed by atoms with Gasteiger partial charge >= 0.3 is 11.9 Å². The maximum Gasteiger partial charge on any atom is 0.303 e. The number of aromatic nitrogens is 4. The van der Waals surface area contributed by atoms with Gasteiger partial charge in [-0.05, 0) is 98.2 Å². The molecule has 8 bridgehead atoms. The van der Waals surface area contributed by atoms with Crippen LogP contribution in [0.15, 0.2) is 43.5 Å². The Labute approximate surface area is 250 Å². The molecule has 0 aromatic carbocycles. The largest absolute Gasteiger partial charge is 0.481 e. The molecule has 3 N–H and O–H groups in total. The van der Waals surface area contributed by atoms with Gasteiger partial charge in [0.05, 0.1) is 22.8 Å². The van der Waals surface area contributed by atoms with Gasteiger partial charge < -0.3 is 19.8 Å². The molecule has 0 amide bonds. The number of hydrogen-bond donors (Lipinski definition) is 3. The number of carboxylic acid groups (broad SMARTS) is 2. The van der Waals surface area contributed by atoms with Crippen LogP contribution in [0.5, 0.6) is 0 Å². The Hall–Kier alpha value is -4.98. The van der Waals surface area contributed by atoms with Crippen molar-refractivity contribution in [2.45, 2.75) is 53.4 Å². The second-order valence-corrected chi connectivity index (χ2v) is 11.1. The van der Waals surface area contributed by atoms with Gasteiger partial charge in [-0.15, -0.1) is 0 Å². The number of carboxylic acids is 2. The summed E-state index contributed by atoms with van der Waals surface area (Å²) in [6.45, 7) is 16.1. The molecule has 3 aromatic rings. The van der Waals surface area contributed by atoms with E-state index in [2.05, 4.69) is 18.1 Å². The van der Waals surface area contributed by atoms with Gasteiger partial charge in [0.2, 0.25) is 0 Å². The van der Waals surface area contributed by atoms with Crippen LogP contribution in [0.2, 0.25) is 0 Å². The molecule has 0 atom stereocenters. The van der Waals surface area contributed by atoms with Gasteiger partial charge in [0, 0.05) is 53.1 Å². The van der Waals surface area contributed by atoms with Crippen molar-refractivity contribution in [2.75, 3.05) is 0 Å². The lowest BCUT2D eigenvalue weighted by atomic mass is 10.0. The second-order valence-electron chi connectivity index (χ2n) is 11.1. The number of aryl methyl sites for hydroxylation is 4. The molecular formula is C35H36N4O4. The van der Waals surface area contributed by atoms with Crippen molar-refractivity contribution in [3.8, 4) is 0 Å². The lowest BCUT2D eigenvalue weighted by Crippen LogP contribution is -1.98. The van der Waals surface area contributed by atoms with Crippen molar-refractivity contribution in [3.63, 3.8) is 0 Å². The van der Waals surface area contributed by atoms with E-state index in [4.69, 9.17) is 9.97 Å². The minimum absolute atomic E-state index is 0.0197. The fourth-order valence-corrected chi connectivity index (χ4v) is 6.12. The fraction of sp³-hybridized carbons (Fsp3) is 0.257. The lowest BCUT2D eigenvalue weighted by molar-refractivity contribution is -0.137. The number of nitrogens with one attached hydrogen (secondary N) is 1. The highest BCUT2D eigenvalue weighted by atomic mass is 16.4. The monoisotopic (exact) mass is 576 g/mol. The molecule has 0 radical (unpaired) electrons. The predicted octanol–water partition coefficient (Wildman–Crippen LogP) is 7.51. The smallest absolute Gasteiger partial charge is 0.303 e. The molecule has 0 aliphatic carbocycles. The Balaban J connectivity index is 1.98. The molecule has 0 spiro atoms. The molecule has 5 heterocycles. The van der Waals surface area contributed by atoms with Crippen LogP contribution in [-0.4, -0.2) is 41.7 Å². The minimum Gasteiger partial charge on any atom is -0.481 e. The number of carbonyl (C=O) groups is 2. The van der Waals surface area contributed by atoms with Crippen molar-refractivity contribution in [2.24, 2.45) is 7.05 Å². The molecule has 3 aromatic heterocycles. The highest BCUT2D eigenvalue weighted by Crippen LogP contribution is 2.37. The van der Waals surface area contributed by atoms with E-state index >= 15 is 0 Å². The van der Waals surface area contributed by atoms with Crippen LogP contribution in [0.4, 0.5) is 0 Å². The summed E-state index contributed by atoms with van der Waals surface area (Å²) in [5.74, 6) is -1.75. The van der Waals surface area contributed by atoms with E-state index in [-0.39, 0.29) is 12.8 Å². The minimum atomic E-state index is -0.880. The summed E-state index contributed by atoms with van der Waals surface area (Å²) in [5.41, 5.74) is 14.1. The van der Waals surface area contributed by atoms with Crippen LogP contribution in [0.1, 0.15) is 78.1 Å². The Kier molecular flexibility index (Phi) is 7.80. The highest BCUT2D eigenvalue weighted by molar-refractivity contribution is 5.98. The number of rotatable bonds is 8. The first-order chi connectivity index (χ1) is 20.4. The van der Waals surface area contributed by atoms with Gasteiger partial charge in [-0.1, -0.05) is 25.3 Å². The van der Waals surface area contributed by atoms with E-state index in [9.17, 15) is 19.8 Å². The summed E-state index contributed by atoms with van der Waals surface area (Å²) in [7, 11) is 1.95. The lowest BCUT2D eigenvalue weighted by Gasteiger charge is -2.04. The van der Waals surface area contributed by atoms with E-state index in [1.165, 1.54) is 0 Å². The number of nitrogens with zero attached hydrogens (tertiary/aromatic N) is 3. The molecule has 8 heteroatoms. The Morgan fingerprint density at radius 1 is 0.791 bits per heavy atom. The average Bonchev–Trinajstić information content (AvgIpc) is 3.59. The Morgan fingerprint density at radius 2 is 1.40 bits per heavy atom. The van der Waals surface area contributed by atoms with Crippen LogP contribution in [-0.2, 0) is 23.1 Å². The predicted molar refractivity (Wildman–Crippen MR) is 173 cm³/mol. The van der Waals surface area contributed by atoms with E-state index in [0.29, 0.717) is 18.5 Å². The molecule has 0 fully saturated rings. The summed E-state index contributed by atoms with van der Waals surface area (Å²) in [5, 5.41) is 19.0. The topological polar surface area (TPSA) is 121 Å². The van der Waals surface area contributed by atoms with E-state index in [0.717, 1.165) is 83.7 Å². The Bertz CT molecular complexity index is 1970. The molecule has 0 saturated carbocycles. The van der Waals surface area contributed by atoms with Gasteiger partial charge in [-0.3, -0.25) is 9.59 Å². The number of aromatic amines is 1. The van der Waals surface area contributed by atoms with Gasteiger partial charge in [0.15, 0.2) is 0 Å². The van der Waals surface area contributed by atoms with E-state index < -0.39 is 11.9 Å². The summed E-state index contributed by atoms with van der Waals surface area (Å²) < 4.78 is 2.04. The van der Waals surface area contributed by atoms with Crippen molar-refractivity contribution >= 4 is 62.4 Å². The van der Waals surface area contributed by atoms with Crippen molar-refractivity contribution < 1.29 is 19.8 Å². The van der Waals surface area contributed by atoms with Crippen LogP contribution in [0.25, 0.3) is 50.4 Å². The summed E-state index contributed by atoms with van der Waals surface area (Å²) >= 11 is 0. The number of allylic oxidation sites excluding steroid dienone is 5. The maximum absolute atomic E-state index is 11.6. The fourth-order valence-electron chi connectivity index (χ4n) is 6.12. The SMILES string of the molecule is C=CC1=C(C)c2cc3[nH]c(cc4nc(cc5c(CCC(=O)O)c(C)c(cc1n2)n5C)C(CCC(=O)O)=C4C)c(C)c3C=C. The highest BCUT2D eigenvalue weighted by Gasteiger charge is 2.21. The molecule has 0 unspecified atom stereocenters. The number of aliphatic carboxylic acids is 2. The van der Waals surface area contributed by atoms with Gasteiger partial charge in [-0.25, -0.2) is 9.97 Å². The molecule has 2 aliphatic heterocycles. The normalized spacial score (nSPS) is 13.0. The van der Waals surface area contributed by atoms with Crippen LogP contribution in [0, 0.1) is 13.8 Å². The maximum atomic E-state index is 11.6. The average molecular weight is 577 g/mol. The van der Waals surface area contributed by atoms with Crippen LogP contribution >= 0.6 is 0 Å². The van der Waals surface area contributed by atoms with Gasteiger partial charge in [0.25, 0.3) is 0 Å². The summed E-state index contributed by atoms with van der Waals surface area (Å²) in [4.78, 5) is 36.8. The quantitative estimate of drug-likeness (QED) is 0.255. The number of H-pyrrole nitrogens is 1. The number of fused-ring (bicyclic) bond motifs is 8.